The van der Waals surface area contributed by atoms with Crippen LogP contribution in [0.25, 0.3) is 0 Å². The highest BCUT2D eigenvalue weighted by Crippen LogP contribution is 2.73. The van der Waals surface area contributed by atoms with Crippen LogP contribution in [0.5, 0.6) is 0 Å². The lowest BCUT2D eigenvalue weighted by atomic mass is 9.60. The Morgan fingerprint density at radius 1 is 0.975 bits per heavy atom. The molecule has 0 heterocycles. The molecular weight excluding hydrogens is 512 g/mol. The summed E-state index contributed by atoms with van der Waals surface area (Å²) in [5.41, 5.74) is 0.257. The molecule has 4 nitrogen and oxygen atoms in total. The molecule has 5 aliphatic rings. The second-order valence-corrected chi connectivity index (χ2v) is 22.1. The van der Waals surface area contributed by atoms with E-state index in [0.717, 1.165) is 37.7 Å². The number of carbonyl (C=O) groups is 2. The summed E-state index contributed by atoms with van der Waals surface area (Å²) in [6.45, 7) is 27.6. The minimum atomic E-state index is -2.14. The van der Waals surface area contributed by atoms with Crippen molar-refractivity contribution in [2.75, 3.05) is 0 Å². The zero-order valence-corrected chi connectivity index (χ0v) is 28.6. The highest BCUT2D eigenvalue weighted by atomic mass is 28.4. The number of rotatable bonds is 4. The lowest BCUT2D eigenvalue weighted by Crippen LogP contribution is -2.51. The van der Waals surface area contributed by atoms with Crippen molar-refractivity contribution in [3.8, 4) is 0 Å². The fourth-order valence-corrected chi connectivity index (χ4v) is 11.1. The van der Waals surface area contributed by atoms with Gasteiger partial charge in [0.05, 0.1) is 16.9 Å². The molecule has 0 saturated heterocycles. The monoisotopic (exact) mass is 570 g/mol. The molecule has 1 spiro atoms. The molecule has 5 rings (SSSR count). The van der Waals surface area contributed by atoms with Crippen LogP contribution in [0.3, 0.4) is 0 Å². The summed E-state index contributed by atoms with van der Waals surface area (Å²) in [5, 5.41) is 0.0688. The lowest BCUT2D eigenvalue weighted by molar-refractivity contribution is -0.167. The number of ether oxygens (including phenoxy) is 1. The number of carbonyl (C=O) groups excluding carboxylic acids is 2. The first-order chi connectivity index (χ1) is 18.3. The Morgan fingerprint density at radius 2 is 1.57 bits per heavy atom. The molecule has 0 aromatic carbocycles. The average Bonchev–Trinajstić information content (AvgIpc) is 3.28. The predicted octanol–water partition coefficient (Wildman–Crippen LogP) is 8.60. The van der Waals surface area contributed by atoms with E-state index in [1.807, 2.05) is 0 Å². The van der Waals surface area contributed by atoms with Crippen molar-refractivity contribution in [2.45, 2.75) is 138 Å². The summed E-state index contributed by atoms with van der Waals surface area (Å²) >= 11 is 0. The molecule has 226 valence electrons. The van der Waals surface area contributed by atoms with Gasteiger partial charge in [0.2, 0.25) is 0 Å². The number of hydrogen-bond donors (Lipinski definition) is 0. The smallest absolute Gasteiger partial charge is 0.312 e. The van der Waals surface area contributed by atoms with Crippen LogP contribution in [0.2, 0.25) is 18.1 Å². The fourth-order valence-electron chi connectivity index (χ4n) is 9.69. The third kappa shape index (κ3) is 4.28. The van der Waals surface area contributed by atoms with Gasteiger partial charge in [-0.3, -0.25) is 9.59 Å². The van der Waals surface area contributed by atoms with Gasteiger partial charge in [0.15, 0.2) is 8.32 Å². The van der Waals surface area contributed by atoms with Crippen LogP contribution >= 0.6 is 0 Å². The highest BCUT2D eigenvalue weighted by Gasteiger charge is 2.74. The number of hydrogen-bond acceptors (Lipinski definition) is 4. The molecule has 0 N–H and O–H groups in total. The summed E-state index contributed by atoms with van der Waals surface area (Å²) < 4.78 is 14.0. The molecule has 10 atom stereocenters. The van der Waals surface area contributed by atoms with E-state index in [9.17, 15) is 4.79 Å². The number of ketones is 1. The fraction of sp³-hybridized carbons (Fsp3) is 0.886. The third-order valence-electron chi connectivity index (χ3n) is 13.7. The Hall–Kier alpha value is -0.943. The zero-order valence-electron chi connectivity index (χ0n) is 27.6. The molecular formula is C35H58O4Si. The van der Waals surface area contributed by atoms with Crippen molar-refractivity contribution >= 4 is 20.1 Å². The molecule has 4 saturated carbocycles. The van der Waals surface area contributed by atoms with Crippen molar-refractivity contribution in [1.82, 2.24) is 0 Å². The molecule has 5 aliphatic carbocycles. The molecule has 0 unspecified atom stereocenters. The van der Waals surface area contributed by atoms with Gasteiger partial charge in [-0.15, -0.1) is 0 Å². The largest absolute Gasteiger partial charge is 0.457 e. The van der Waals surface area contributed by atoms with E-state index in [2.05, 4.69) is 88.4 Å². The maximum Gasteiger partial charge on any atom is 0.312 e. The quantitative estimate of drug-likeness (QED) is 0.193. The first kappa shape index (κ1) is 30.5. The molecule has 40 heavy (non-hydrogen) atoms. The second-order valence-electron chi connectivity index (χ2n) is 17.3. The lowest BCUT2D eigenvalue weighted by Gasteiger charge is -2.44. The van der Waals surface area contributed by atoms with Gasteiger partial charge in [0.25, 0.3) is 0 Å². The standard InChI is InChI=1S/C35H58O4Si/c1-20-19-35-21(2)18-24-27(33(24,8)9)25(30(35)36)29(39-40(11,12)32(5,6)7)23(4)22(3)26(35)28(20)38-31(37)34(10)16-14-13-15-17-34/h19,21-29H,13-18H2,1-12H3/t21-,22-,23-,24-,25-,26-,27-,28+,29-,35-/m1/s1. The number of Topliss-reactive ketones (excluding diaryl/α,β-unsaturated/α-hetero) is 1. The van der Waals surface area contributed by atoms with E-state index in [-0.39, 0.29) is 58.2 Å². The van der Waals surface area contributed by atoms with Crippen LogP contribution < -0.4 is 0 Å². The Kier molecular flexibility index (Phi) is 7.27. The second kappa shape index (κ2) is 9.53. The molecule has 0 amide bonds. The van der Waals surface area contributed by atoms with Crippen molar-refractivity contribution in [2.24, 2.45) is 57.7 Å². The SMILES string of the molecule is CC1=C[C@]23C(=O)[C@@H]([C@H](O[Si](C)(C)C(C)(C)C)[C@H](C)[C@@H](C)[C@@H]2[C@H]1OC(=O)C1(C)CCCCC1)[C@H]1[C@@H](C[C@H]3C)C1(C)C. The molecule has 0 aliphatic heterocycles. The maximum atomic E-state index is 15.3. The van der Waals surface area contributed by atoms with Crippen molar-refractivity contribution in [3.05, 3.63) is 11.6 Å². The van der Waals surface area contributed by atoms with Gasteiger partial charge in [-0.05, 0) is 91.8 Å². The van der Waals surface area contributed by atoms with E-state index in [0.29, 0.717) is 17.6 Å². The Labute approximate surface area is 245 Å². The number of esters is 1. The van der Waals surface area contributed by atoms with Gasteiger partial charge in [-0.25, -0.2) is 0 Å². The van der Waals surface area contributed by atoms with Crippen LogP contribution in [0.1, 0.15) is 108 Å². The average molecular weight is 571 g/mol. The van der Waals surface area contributed by atoms with Crippen LogP contribution in [-0.2, 0) is 18.8 Å². The zero-order chi connectivity index (χ0) is 29.8. The molecule has 4 fully saturated rings. The Balaban J connectivity index is 1.60. The van der Waals surface area contributed by atoms with E-state index < -0.39 is 19.1 Å². The predicted molar refractivity (Wildman–Crippen MR) is 164 cm³/mol. The van der Waals surface area contributed by atoms with E-state index >= 15 is 4.79 Å². The van der Waals surface area contributed by atoms with Gasteiger partial charge in [0, 0.05) is 11.8 Å². The van der Waals surface area contributed by atoms with E-state index in [4.69, 9.17) is 9.16 Å². The molecule has 0 aromatic heterocycles. The molecule has 2 bridgehead atoms. The van der Waals surface area contributed by atoms with Crippen molar-refractivity contribution in [1.29, 1.82) is 0 Å². The van der Waals surface area contributed by atoms with Gasteiger partial charge in [-0.2, -0.15) is 0 Å². The highest BCUT2D eigenvalue weighted by molar-refractivity contribution is 6.74. The number of fused-ring (bicyclic) bond motifs is 3. The first-order valence-electron chi connectivity index (χ1n) is 16.4. The number of allylic oxidation sites excluding steroid dienone is 1. The van der Waals surface area contributed by atoms with Crippen LogP contribution in [-0.4, -0.2) is 32.3 Å². The van der Waals surface area contributed by atoms with Gasteiger partial charge in [-0.1, -0.05) is 80.7 Å². The summed E-state index contributed by atoms with van der Waals surface area (Å²) in [6, 6.07) is 0. The molecule has 5 heteroatoms. The summed E-state index contributed by atoms with van der Waals surface area (Å²) in [6.07, 6.45) is 8.13. The van der Waals surface area contributed by atoms with Gasteiger partial charge < -0.3 is 9.16 Å². The summed E-state index contributed by atoms with van der Waals surface area (Å²) in [5.74, 6) is 1.72. The topological polar surface area (TPSA) is 52.6 Å². The maximum absolute atomic E-state index is 15.3. The minimum Gasteiger partial charge on any atom is -0.457 e. The summed E-state index contributed by atoms with van der Waals surface area (Å²) in [4.78, 5) is 29.1. The van der Waals surface area contributed by atoms with Crippen LogP contribution in [0, 0.1) is 57.7 Å². The minimum absolute atomic E-state index is 0.0303. The van der Waals surface area contributed by atoms with E-state index in [1.54, 1.807) is 0 Å². The molecule has 0 aromatic rings. The van der Waals surface area contributed by atoms with Crippen LogP contribution in [0.4, 0.5) is 0 Å². The van der Waals surface area contributed by atoms with Crippen molar-refractivity contribution < 1.29 is 18.8 Å². The Morgan fingerprint density at radius 3 is 2.15 bits per heavy atom. The first-order valence-corrected chi connectivity index (χ1v) is 19.3. The van der Waals surface area contributed by atoms with E-state index in [1.165, 1.54) is 6.42 Å². The van der Waals surface area contributed by atoms with Crippen LogP contribution in [0.15, 0.2) is 11.6 Å². The third-order valence-corrected chi connectivity index (χ3v) is 18.1. The molecule has 0 radical (unpaired) electrons. The Bertz CT molecular complexity index is 1080. The van der Waals surface area contributed by atoms with Gasteiger partial charge >= 0.3 is 5.97 Å². The summed E-state index contributed by atoms with van der Waals surface area (Å²) in [7, 11) is -2.14. The normalized spacial score (nSPS) is 44.0. The van der Waals surface area contributed by atoms with Crippen molar-refractivity contribution in [3.63, 3.8) is 0 Å². The van der Waals surface area contributed by atoms with Gasteiger partial charge in [0.1, 0.15) is 11.9 Å².